The lowest BCUT2D eigenvalue weighted by Crippen LogP contribution is -2.27. The highest BCUT2D eigenvalue weighted by Crippen LogP contribution is 2.37. The van der Waals surface area contributed by atoms with Gasteiger partial charge >= 0.3 is 6.55 Å². The monoisotopic (exact) mass is 493 g/mol. The molecule has 1 saturated heterocycles. The maximum absolute atomic E-state index is 13.7. The van der Waals surface area contributed by atoms with Crippen molar-refractivity contribution >= 4 is 16.9 Å². The highest BCUT2D eigenvalue weighted by Gasteiger charge is 2.29. The molecular formula is C25H25F2N7O2. The molecule has 186 valence electrons. The van der Waals surface area contributed by atoms with Crippen LogP contribution in [0.2, 0.25) is 0 Å². The third-order valence-corrected chi connectivity index (χ3v) is 6.45. The predicted octanol–water partition coefficient (Wildman–Crippen LogP) is 4.49. The number of hydrogen-bond acceptors (Lipinski definition) is 6. The zero-order chi connectivity index (χ0) is 25.4. The summed E-state index contributed by atoms with van der Waals surface area (Å²) in [5, 5.41) is 8.74. The molecule has 4 aromatic rings. The Balaban J connectivity index is 1.53. The highest BCUT2D eigenvalue weighted by atomic mass is 19.3. The number of halogens is 2. The molecule has 0 N–H and O–H groups in total. The van der Waals surface area contributed by atoms with Crippen molar-refractivity contribution in [1.29, 1.82) is 0 Å². The summed E-state index contributed by atoms with van der Waals surface area (Å²) in [5.41, 5.74) is 3.24. The summed E-state index contributed by atoms with van der Waals surface area (Å²) < 4.78 is 36.2. The van der Waals surface area contributed by atoms with Gasteiger partial charge in [-0.25, -0.2) is 9.67 Å². The first kappa shape index (κ1) is 23.6. The van der Waals surface area contributed by atoms with Gasteiger partial charge in [0.25, 0.3) is 0 Å². The van der Waals surface area contributed by atoms with E-state index >= 15 is 0 Å². The molecule has 0 spiro atoms. The number of aromatic nitrogens is 6. The Kier molecular flexibility index (Phi) is 6.21. The van der Waals surface area contributed by atoms with Crippen molar-refractivity contribution in [2.24, 2.45) is 0 Å². The van der Waals surface area contributed by atoms with Crippen LogP contribution >= 0.6 is 0 Å². The van der Waals surface area contributed by atoms with Crippen LogP contribution in [0, 0.1) is 6.92 Å². The maximum Gasteiger partial charge on any atom is 0.320 e. The largest absolute Gasteiger partial charge is 0.482 e. The molecule has 3 aromatic heterocycles. The van der Waals surface area contributed by atoms with E-state index in [1.54, 1.807) is 29.3 Å². The van der Waals surface area contributed by atoms with E-state index in [4.69, 9.17) is 4.74 Å². The van der Waals surface area contributed by atoms with Gasteiger partial charge in [-0.2, -0.15) is 8.78 Å². The molecule has 5 rings (SSSR count). The molecule has 0 bridgehead atoms. The third kappa shape index (κ3) is 4.21. The van der Waals surface area contributed by atoms with Crippen molar-refractivity contribution in [2.45, 2.75) is 39.0 Å². The van der Waals surface area contributed by atoms with E-state index in [0.717, 1.165) is 23.0 Å². The molecule has 1 amide bonds. The zero-order valence-electron chi connectivity index (χ0n) is 19.9. The zero-order valence-corrected chi connectivity index (χ0v) is 19.9. The summed E-state index contributed by atoms with van der Waals surface area (Å²) in [7, 11) is 0. The van der Waals surface area contributed by atoms with Crippen LogP contribution < -0.4 is 4.74 Å². The average Bonchev–Trinajstić information content (AvgIpc) is 3.62. The first-order valence-corrected chi connectivity index (χ1v) is 11.6. The Morgan fingerprint density at radius 2 is 2.11 bits per heavy atom. The van der Waals surface area contributed by atoms with E-state index in [9.17, 15) is 13.6 Å². The van der Waals surface area contributed by atoms with Crippen LogP contribution in [0.5, 0.6) is 5.75 Å². The number of ether oxygens (including phenoxy) is 1. The lowest BCUT2D eigenvalue weighted by Gasteiger charge is -2.17. The minimum atomic E-state index is -2.78. The number of hydrogen-bond donors (Lipinski definition) is 0. The first-order valence-electron chi connectivity index (χ1n) is 11.6. The molecule has 0 radical (unpaired) electrons. The Bertz CT molecular complexity index is 1420. The first-order chi connectivity index (χ1) is 17.4. The molecule has 0 aliphatic carbocycles. The Labute approximate surface area is 206 Å². The third-order valence-electron chi connectivity index (χ3n) is 6.45. The Morgan fingerprint density at radius 1 is 1.28 bits per heavy atom. The second kappa shape index (κ2) is 9.48. The van der Waals surface area contributed by atoms with Gasteiger partial charge in [0.05, 0.1) is 22.9 Å². The number of amides is 1. The molecule has 4 heterocycles. The van der Waals surface area contributed by atoms with Crippen LogP contribution in [0.15, 0.2) is 55.5 Å². The van der Waals surface area contributed by atoms with Gasteiger partial charge in [-0.3, -0.25) is 14.3 Å². The fourth-order valence-corrected chi connectivity index (χ4v) is 4.60. The molecule has 2 atom stereocenters. The highest BCUT2D eigenvalue weighted by molar-refractivity contribution is 5.88. The number of imidazole rings is 1. The smallest absolute Gasteiger partial charge is 0.320 e. The number of pyridine rings is 1. The Morgan fingerprint density at radius 3 is 2.83 bits per heavy atom. The van der Waals surface area contributed by atoms with E-state index in [0.29, 0.717) is 35.6 Å². The number of carbonyl (C=O) groups excluding carboxylic acids is 1. The predicted molar refractivity (Wildman–Crippen MR) is 128 cm³/mol. The molecule has 1 aliphatic heterocycles. The molecule has 1 fully saturated rings. The van der Waals surface area contributed by atoms with Crippen molar-refractivity contribution < 1.29 is 18.3 Å². The molecule has 11 heteroatoms. The van der Waals surface area contributed by atoms with Gasteiger partial charge in [0, 0.05) is 24.8 Å². The number of fused-ring (bicyclic) bond motifs is 1. The van der Waals surface area contributed by atoms with Gasteiger partial charge in [0.15, 0.2) is 0 Å². The van der Waals surface area contributed by atoms with Crippen LogP contribution in [0.1, 0.15) is 43.4 Å². The van der Waals surface area contributed by atoms with E-state index in [2.05, 4.69) is 26.9 Å². The van der Waals surface area contributed by atoms with E-state index in [1.807, 2.05) is 30.7 Å². The maximum atomic E-state index is 13.7. The molecular weight excluding hydrogens is 468 g/mol. The SMILES string of the molecule is C=CC(=O)N1CCC(n2nnc(-c3cc(O[C@H](C)c4ccccn4)c4c(c3)ncn4C(F)F)c2C)C1. The van der Waals surface area contributed by atoms with E-state index < -0.39 is 12.7 Å². The number of alkyl halides is 2. The molecule has 0 saturated carbocycles. The topological polar surface area (TPSA) is 91.0 Å². The number of rotatable bonds is 7. The van der Waals surface area contributed by atoms with Crippen LogP contribution in [0.4, 0.5) is 8.78 Å². The quantitative estimate of drug-likeness (QED) is 0.352. The summed E-state index contributed by atoms with van der Waals surface area (Å²) in [5.74, 6) is 0.135. The van der Waals surface area contributed by atoms with Gasteiger partial charge in [-0.15, -0.1) is 5.10 Å². The van der Waals surface area contributed by atoms with Crippen molar-refractivity contribution in [2.75, 3.05) is 13.1 Å². The van der Waals surface area contributed by atoms with Crippen LogP contribution in [-0.4, -0.2) is 53.4 Å². The standard InChI is InChI=1S/C25H25F2N7O2/c1-4-22(35)32-10-8-18(13-32)34-15(2)23(30-31-34)17-11-20-24(33(14-29-20)25(26)27)21(12-17)36-16(3)19-7-5-6-9-28-19/h4-7,9,11-12,14,16,18,25H,1,8,10,13H2,2-3H3/t16-,18?/m1/s1. The summed E-state index contributed by atoms with van der Waals surface area (Å²) in [4.78, 5) is 22.2. The van der Waals surface area contributed by atoms with Crippen molar-refractivity contribution in [3.05, 3.63) is 66.9 Å². The summed E-state index contributed by atoms with van der Waals surface area (Å²) >= 11 is 0. The summed E-state index contributed by atoms with van der Waals surface area (Å²) in [6.45, 7) is 5.61. The second-order valence-corrected chi connectivity index (χ2v) is 8.69. The molecule has 1 aliphatic rings. The van der Waals surface area contributed by atoms with Crippen LogP contribution in [0.3, 0.4) is 0 Å². The lowest BCUT2D eigenvalue weighted by atomic mass is 10.1. The van der Waals surface area contributed by atoms with Crippen LogP contribution in [0.25, 0.3) is 22.3 Å². The summed E-state index contributed by atoms with van der Waals surface area (Å²) in [6.07, 6.45) is 4.32. The van der Waals surface area contributed by atoms with Crippen molar-refractivity contribution in [3.8, 4) is 17.0 Å². The number of likely N-dealkylation sites (tertiary alicyclic amines) is 1. The molecule has 36 heavy (non-hydrogen) atoms. The number of nitrogens with zero attached hydrogens (tertiary/aromatic N) is 7. The molecule has 1 unspecified atom stereocenters. The number of carbonyl (C=O) groups is 1. The van der Waals surface area contributed by atoms with Gasteiger partial charge in [-0.05, 0) is 50.6 Å². The van der Waals surface area contributed by atoms with E-state index in [1.165, 1.54) is 6.08 Å². The van der Waals surface area contributed by atoms with E-state index in [-0.39, 0.29) is 23.2 Å². The lowest BCUT2D eigenvalue weighted by molar-refractivity contribution is -0.125. The van der Waals surface area contributed by atoms with Crippen molar-refractivity contribution in [3.63, 3.8) is 0 Å². The molecule has 9 nitrogen and oxygen atoms in total. The van der Waals surface area contributed by atoms with Gasteiger partial charge in [0.2, 0.25) is 5.91 Å². The van der Waals surface area contributed by atoms with Gasteiger partial charge in [-0.1, -0.05) is 17.9 Å². The minimum absolute atomic E-state index is 0.0168. The fraction of sp³-hybridized carbons (Fsp3) is 0.320. The minimum Gasteiger partial charge on any atom is -0.482 e. The van der Waals surface area contributed by atoms with Gasteiger partial charge < -0.3 is 9.64 Å². The van der Waals surface area contributed by atoms with Crippen LogP contribution in [-0.2, 0) is 4.79 Å². The molecule has 1 aromatic carbocycles. The van der Waals surface area contributed by atoms with Gasteiger partial charge in [0.1, 0.15) is 29.4 Å². The van der Waals surface area contributed by atoms with Crippen molar-refractivity contribution in [1.82, 2.24) is 34.4 Å². The average molecular weight is 494 g/mol. The number of benzene rings is 1. The second-order valence-electron chi connectivity index (χ2n) is 8.69. The normalized spacial score (nSPS) is 16.6. The Hall–Kier alpha value is -4.15. The summed E-state index contributed by atoms with van der Waals surface area (Å²) in [6, 6.07) is 8.82. The fourth-order valence-electron chi connectivity index (χ4n) is 4.60.